The lowest BCUT2D eigenvalue weighted by Gasteiger charge is -2.20. The van der Waals surface area contributed by atoms with Crippen LogP contribution in [0.1, 0.15) is 20.7 Å². The van der Waals surface area contributed by atoms with Crippen molar-refractivity contribution >= 4 is 103 Å². The van der Waals surface area contributed by atoms with E-state index >= 15 is 0 Å². The molecule has 0 aliphatic rings. The highest BCUT2D eigenvalue weighted by atomic mass is 79.9. The predicted molar refractivity (Wildman–Crippen MR) is 126 cm³/mol. The summed E-state index contributed by atoms with van der Waals surface area (Å²) in [5.74, 6) is -1.79. The number of nitrogens with two attached hydrogens (primary N) is 1. The van der Waals surface area contributed by atoms with Crippen molar-refractivity contribution in [1.29, 1.82) is 0 Å². The van der Waals surface area contributed by atoms with Crippen LogP contribution in [-0.4, -0.2) is 17.0 Å². The summed E-state index contributed by atoms with van der Waals surface area (Å²) in [7, 11) is 0. The Kier molecular flexibility index (Phi) is 4.14. The Hall–Kier alpha value is -2.22. The van der Waals surface area contributed by atoms with Gasteiger partial charge in [-0.15, -0.1) is 0 Å². The summed E-state index contributed by atoms with van der Waals surface area (Å²) in [4.78, 5) is 24.3. The number of benzene rings is 5. The molecule has 0 bridgehead atoms. The largest absolute Gasteiger partial charge is 0.478 e. The van der Waals surface area contributed by atoms with Gasteiger partial charge in [0.1, 0.15) is 0 Å². The van der Waals surface area contributed by atoms with Gasteiger partial charge in [-0.25, -0.2) is 4.79 Å². The standard InChI is InChI=1S/C22H10Br3NO3/c23-13-5-4-10-16-8(13)2-1-3-9(16)18-14(24)6-11(21(26)27)17-12(22(28)29)7-15(25)19(10)20(17)18/h1-7H,(H2,26,27)(H,28,29). The van der Waals surface area contributed by atoms with Crippen LogP contribution in [0.25, 0.3) is 43.1 Å². The molecule has 142 valence electrons. The van der Waals surface area contributed by atoms with E-state index in [0.717, 1.165) is 36.8 Å². The van der Waals surface area contributed by atoms with Crippen LogP contribution in [0, 0.1) is 0 Å². The molecule has 29 heavy (non-hydrogen) atoms. The fraction of sp³-hybridized carbons (Fsp3) is 0. The monoisotopic (exact) mass is 573 g/mol. The number of rotatable bonds is 2. The maximum absolute atomic E-state index is 12.2. The van der Waals surface area contributed by atoms with Crippen molar-refractivity contribution in [2.24, 2.45) is 5.73 Å². The Labute approximate surface area is 189 Å². The van der Waals surface area contributed by atoms with E-state index in [9.17, 15) is 14.7 Å². The average Bonchev–Trinajstić information content (AvgIpc) is 2.68. The van der Waals surface area contributed by atoms with E-state index in [1.54, 1.807) is 12.1 Å². The van der Waals surface area contributed by atoms with Gasteiger partial charge >= 0.3 is 5.97 Å². The molecule has 0 saturated carbocycles. The average molecular weight is 576 g/mol. The second kappa shape index (κ2) is 6.39. The molecule has 0 atom stereocenters. The van der Waals surface area contributed by atoms with Gasteiger partial charge in [0.25, 0.3) is 0 Å². The summed E-state index contributed by atoms with van der Waals surface area (Å²) in [6, 6.07) is 13.2. The van der Waals surface area contributed by atoms with Gasteiger partial charge in [-0.1, -0.05) is 72.1 Å². The van der Waals surface area contributed by atoms with Crippen molar-refractivity contribution in [3.8, 4) is 0 Å². The van der Waals surface area contributed by atoms with Crippen LogP contribution in [0.2, 0.25) is 0 Å². The number of carbonyl (C=O) groups excluding carboxylic acids is 1. The Morgan fingerprint density at radius 1 is 0.690 bits per heavy atom. The van der Waals surface area contributed by atoms with Crippen molar-refractivity contribution in [1.82, 2.24) is 0 Å². The lowest BCUT2D eigenvalue weighted by molar-refractivity contribution is 0.0699. The predicted octanol–water partition coefficient (Wildman–Crippen LogP) is 6.82. The van der Waals surface area contributed by atoms with E-state index in [-0.39, 0.29) is 11.1 Å². The van der Waals surface area contributed by atoms with Gasteiger partial charge in [-0.05, 0) is 39.7 Å². The molecule has 1 amide bonds. The quantitative estimate of drug-likeness (QED) is 0.179. The first-order valence-electron chi connectivity index (χ1n) is 8.55. The van der Waals surface area contributed by atoms with Gasteiger partial charge in [-0.3, -0.25) is 4.79 Å². The van der Waals surface area contributed by atoms with E-state index < -0.39 is 11.9 Å². The molecular formula is C22H10Br3NO3. The number of hydrogen-bond donors (Lipinski definition) is 2. The van der Waals surface area contributed by atoms with Crippen LogP contribution in [0.3, 0.4) is 0 Å². The van der Waals surface area contributed by atoms with Crippen LogP contribution in [0.15, 0.2) is 55.9 Å². The van der Waals surface area contributed by atoms with Crippen LogP contribution >= 0.6 is 47.8 Å². The molecule has 0 aliphatic carbocycles. The molecule has 0 heterocycles. The molecule has 4 nitrogen and oxygen atoms in total. The van der Waals surface area contributed by atoms with E-state index in [1.807, 2.05) is 30.3 Å². The van der Waals surface area contributed by atoms with Crippen LogP contribution in [0.5, 0.6) is 0 Å². The minimum atomic E-state index is -1.12. The maximum atomic E-state index is 12.2. The zero-order chi connectivity index (χ0) is 20.6. The topological polar surface area (TPSA) is 80.4 Å². The number of carboxylic acids is 1. The summed E-state index contributed by atoms with van der Waals surface area (Å²) in [6.07, 6.45) is 0. The molecule has 0 aromatic heterocycles. The zero-order valence-electron chi connectivity index (χ0n) is 14.5. The first kappa shape index (κ1) is 18.8. The first-order valence-corrected chi connectivity index (χ1v) is 10.9. The molecule has 0 radical (unpaired) electrons. The Balaban J connectivity index is 2.28. The maximum Gasteiger partial charge on any atom is 0.336 e. The fourth-order valence-electron chi connectivity index (χ4n) is 4.25. The zero-order valence-corrected chi connectivity index (χ0v) is 19.3. The van der Waals surface area contributed by atoms with Gasteiger partial charge in [0.05, 0.1) is 5.56 Å². The van der Waals surface area contributed by atoms with Gasteiger partial charge in [0.2, 0.25) is 5.91 Å². The van der Waals surface area contributed by atoms with Crippen LogP contribution in [0.4, 0.5) is 0 Å². The molecule has 3 N–H and O–H groups in total. The summed E-state index contributed by atoms with van der Waals surface area (Å²) < 4.78 is 2.31. The smallest absolute Gasteiger partial charge is 0.336 e. The molecule has 0 unspecified atom stereocenters. The molecule has 0 fully saturated rings. The third kappa shape index (κ3) is 2.47. The Morgan fingerprint density at radius 3 is 1.90 bits per heavy atom. The molecule has 5 aromatic carbocycles. The fourth-order valence-corrected chi connectivity index (χ4v) is 5.99. The summed E-state index contributed by atoms with van der Waals surface area (Å²) in [6.45, 7) is 0. The highest BCUT2D eigenvalue weighted by Gasteiger charge is 2.25. The third-order valence-electron chi connectivity index (χ3n) is 5.33. The molecular weight excluding hydrogens is 566 g/mol. The highest BCUT2D eigenvalue weighted by molar-refractivity contribution is 9.11. The van der Waals surface area contributed by atoms with Crippen molar-refractivity contribution in [3.63, 3.8) is 0 Å². The SMILES string of the molecule is NC(=O)c1cc(Br)c2c3cccc4c(Br)ccc(c5c(Br)cc(C(=O)O)c1c25)c43. The van der Waals surface area contributed by atoms with Gasteiger partial charge in [0, 0.05) is 40.5 Å². The minimum Gasteiger partial charge on any atom is -0.478 e. The van der Waals surface area contributed by atoms with E-state index in [4.69, 9.17) is 5.73 Å². The minimum absolute atomic E-state index is 0.0333. The van der Waals surface area contributed by atoms with Crippen molar-refractivity contribution in [2.45, 2.75) is 0 Å². The van der Waals surface area contributed by atoms with Crippen LogP contribution < -0.4 is 5.73 Å². The van der Waals surface area contributed by atoms with Gasteiger partial charge in [-0.2, -0.15) is 0 Å². The highest BCUT2D eigenvalue weighted by Crippen LogP contribution is 2.48. The molecule has 5 rings (SSSR count). The molecule has 0 spiro atoms. The van der Waals surface area contributed by atoms with E-state index in [0.29, 0.717) is 19.7 Å². The molecule has 0 aliphatic heterocycles. The van der Waals surface area contributed by atoms with Crippen LogP contribution in [-0.2, 0) is 0 Å². The summed E-state index contributed by atoms with van der Waals surface area (Å²) in [5.41, 5.74) is 5.84. The van der Waals surface area contributed by atoms with E-state index in [1.165, 1.54) is 0 Å². The first-order chi connectivity index (χ1) is 13.8. The second-order valence-corrected chi connectivity index (χ2v) is 9.37. The normalized spacial score (nSPS) is 11.8. The van der Waals surface area contributed by atoms with Gasteiger partial charge in [0.15, 0.2) is 0 Å². The Morgan fingerprint density at radius 2 is 1.28 bits per heavy atom. The third-order valence-corrected chi connectivity index (χ3v) is 7.27. The number of carbonyl (C=O) groups is 2. The lowest BCUT2D eigenvalue weighted by Crippen LogP contribution is -2.14. The number of amides is 1. The van der Waals surface area contributed by atoms with Crippen molar-refractivity contribution in [2.75, 3.05) is 0 Å². The number of halogens is 3. The number of hydrogen-bond acceptors (Lipinski definition) is 2. The summed E-state index contributed by atoms with van der Waals surface area (Å²) in [5, 5.41) is 16.6. The number of carboxylic acid groups (broad SMARTS) is 1. The lowest BCUT2D eigenvalue weighted by atomic mass is 9.86. The Bertz CT molecular complexity index is 1470. The van der Waals surface area contributed by atoms with E-state index in [2.05, 4.69) is 47.8 Å². The number of primary amides is 1. The summed E-state index contributed by atoms with van der Waals surface area (Å²) >= 11 is 10.8. The van der Waals surface area contributed by atoms with Crippen molar-refractivity contribution in [3.05, 3.63) is 67.0 Å². The van der Waals surface area contributed by atoms with Gasteiger partial charge < -0.3 is 10.8 Å². The molecule has 7 heteroatoms. The van der Waals surface area contributed by atoms with Crippen molar-refractivity contribution < 1.29 is 14.7 Å². The number of fused-ring (bicyclic) bond motifs is 2. The second-order valence-electron chi connectivity index (χ2n) is 6.80. The molecule has 0 saturated heterocycles. The number of aromatic carboxylic acids is 1. The molecule has 5 aromatic rings.